The molecule has 0 saturated heterocycles. The van der Waals surface area contributed by atoms with Crippen LogP contribution in [0.3, 0.4) is 0 Å². The number of aromatic nitrogens is 3. The van der Waals surface area contributed by atoms with Gasteiger partial charge in [0.05, 0.1) is 24.7 Å². The largest absolute Gasteiger partial charge is 0.497 e. The SMILES string of the molecule is CCOc1ccc(-c2nnc3n2N=C(c2ccc(OC)cc2)[C@@H](C)S3)cc1. The summed E-state index contributed by atoms with van der Waals surface area (Å²) in [6.07, 6.45) is 0. The van der Waals surface area contributed by atoms with Gasteiger partial charge < -0.3 is 9.47 Å². The van der Waals surface area contributed by atoms with Crippen LogP contribution in [0.1, 0.15) is 19.4 Å². The average Bonchev–Trinajstić information content (AvgIpc) is 3.11. The maximum Gasteiger partial charge on any atom is 0.213 e. The minimum atomic E-state index is 0.184. The van der Waals surface area contributed by atoms with Crippen LogP contribution in [0, 0.1) is 0 Å². The molecule has 0 bridgehead atoms. The fourth-order valence-electron chi connectivity index (χ4n) is 2.93. The highest BCUT2D eigenvalue weighted by molar-refractivity contribution is 8.00. The summed E-state index contributed by atoms with van der Waals surface area (Å²) in [5.41, 5.74) is 3.00. The highest BCUT2D eigenvalue weighted by Gasteiger charge is 2.26. The molecule has 0 amide bonds. The molecule has 1 atom stereocenters. The van der Waals surface area contributed by atoms with Crippen LogP contribution in [-0.4, -0.2) is 39.6 Å². The zero-order valence-corrected chi connectivity index (χ0v) is 16.2. The van der Waals surface area contributed by atoms with E-state index in [1.54, 1.807) is 18.9 Å². The molecule has 7 heteroatoms. The van der Waals surface area contributed by atoms with Gasteiger partial charge in [-0.1, -0.05) is 11.8 Å². The first-order valence-corrected chi connectivity index (χ1v) is 9.66. The van der Waals surface area contributed by atoms with E-state index < -0.39 is 0 Å². The summed E-state index contributed by atoms with van der Waals surface area (Å²) >= 11 is 1.65. The predicted octanol–water partition coefficient (Wildman–Crippen LogP) is 4.10. The Labute approximate surface area is 162 Å². The van der Waals surface area contributed by atoms with Crippen molar-refractivity contribution in [1.82, 2.24) is 14.9 Å². The first-order chi connectivity index (χ1) is 13.2. The van der Waals surface area contributed by atoms with Gasteiger partial charge >= 0.3 is 0 Å². The van der Waals surface area contributed by atoms with Crippen molar-refractivity contribution in [3.8, 4) is 22.9 Å². The van der Waals surface area contributed by atoms with E-state index in [4.69, 9.17) is 14.6 Å². The smallest absolute Gasteiger partial charge is 0.213 e. The van der Waals surface area contributed by atoms with E-state index in [-0.39, 0.29) is 5.25 Å². The van der Waals surface area contributed by atoms with Crippen LogP contribution in [0.5, 0.6) is 11.5 Å². The monoisotopic (exact) mass is 380 g/mol. The van der Waals surface area contributed by atoms with Gasteiger partial charge in [0.1, 0.15) is 11.5 Å². The van der Waals surface area contributed by atoms with E-state index >= 15 is 0 Å². The van der Waals surface area contributed by atoms with Crippen LogP contribution in [0.2, 0.25) is 0 Å². The molecule has 3 aromatic rings. The second kappa shape index (κ2) is 7.44. The number of hydrogen-bond donors (Lipinski definition) is 0. The Kier molecular flexibility index (Phi) is 4.85. The van der Waals surface area contributed by atoms with Crippen LogP contribution in [0.15, 0.2) is 58.8 Å². The summed E-state index contributed by atoms with van der Waals surface area (Å²) in [4.78, 5) is 0. The lowest BCUT2D eigenvalue weighted by molar-refractivity contribution is 0.340. The Morgan fingerprint density at radius 3 is 2.30 bits per heavy atom. The van der Waals surface area contributed by atoms with Crippen LogP contribution in [0.4, 0.5) is 0 Å². The molecule has 2 heterocycles. The lowest BCUT2D eigenvalue weighted by Gasteiger charge is -2.20. The van der Waals surface area contributed by atoms with Crippen molar-refractivity contribution in [2.45, 2.75) is 24.3 Å². The molecule has 4 rings (SSSR count). The highest BCUT2D eigenvalue weighted by Crippen LogP contribution is 2.33. The van der Waals surface area contributed by atoms with Crippen molar-refractivity contribution < 1.29 is 9.47 Å². The number of benzene rings is 2. The lowest BCUT2D eigenvalue weighted by Crippen LogP contribution is -2.21. The van der Waals surface area contributed by atoms with Crippen LogP contribution >= 0.6 is 11.8 Å². The standard InChI is InChI=1S/C20H20N4O2S/c1-4-26-17-11-7-15(8-12-17)19-21-22-20-24(19)23-18(13(2)27-20)14-5-9-16(25-3)10-6-14/h5-13H,4H2,1-3H3/t13-/m1/s1. The molecule has 27 heavy (non-hydrogen) atoms. The Morgan fingerprint density at radius 1 is 0.963 bits per heavy atom. The van der Waals surface area contributed by atoms with E-state index in [2.05, 4.69) is 17.1 Å². The van der Waals surface area contributed by atoms with Gasteiger partial charge in [0.2, 0.25) is 5.16 Å². The third-order valence-electron chi connectivity index (χ3n) is 4.30. The van der Waals surface area contributed by atoms with Crippen LogP contribution in [-0.2, 0) is 0 Å². The summed E-state index contributed by atoms with van der Waals surface area (Å²) in [5, 5.41) is 14.5. The fourth-order valence-corrected chi connectivity index (χ4v) is 3.86. The van der Waals surface area contributed by atoms with E-state index in [9.17, 15) is 0 Å². The summed E-state index contributed by atoms with van der Waals surface area (Å²) in [6.45, 7) is 4.74. The van der Waals surface area contributed by atoms with E-state index in [1.165, 1.54) is 0 Å². The summed E-state index contributed by atoms with van der Waals surface area (Å²) in [7, 11) is 1.66. The van der Waals surface area contributed by atoms with Gasteiger partial charge in [0, 0.05) is 5.56 Å². The van der Waals surface area contributed by atoms with Crippen LogP contribution < -0.4 is 9.47 Å². The van der Waals surface area contributed by atoms with Gasteiger partial charge in [-0.3, -0.25) is 0 Å². The van der Waals surface area contributed by atoms with Gasteiger partial charge in [-0.05, 0) is 67.9 Å². The first-order valence-electron chi connectivity index (χ1n) is 8.78. The zero-order valence-electron chi connectivity index (χ0n) is 15.4. The molecule has 6 nitrogen and oxygen atoms in total. The first kappa shape index (κ1) is 17.6. The number of rotatable bonds is 5. The number of nitrogens with zero attached hydrogens (tertiary/aromatic N) is 4. The Bertz CT molecular complexity index is 965. The van der Waals surface area contributed by atoms with Gasteiger partial charge in [-0.15, -0.1) is 10.2 Å². The quantitative estimate of drug-likeness (QED) is 0.667. The van der Waals surface area contributed by atoms with Crippen molar-refractivity contribution in [3.63, 3.8) is 0 Å². The van der Waals surface area contributed by atoms with Crippen molar-refractivity contribution in [3.05, 3.63) is 54.1 Å². The minimum absolute atomic E-state index is 0.184. The molecule has 0 spiro atoms. The molecule has 0 fully saturated rings. The molecule has 1 aromatic heterocycles. The third-order valence-corrected chi connectivity index (χ3v) is 5.34. The lowest BCUT2D eigenvalue weighted by atomic mass is 10.1. The number of fused-ring (bicyclic) bond motifs is 1. The minimum Gasteiger partial charge on any atom is -0.497 e. The molecule has 0 unspecified atom stereocenters. The molecule has 1 aliphatic heterocycles. The second-order valence-electron chi connectivity index (χ2n) is 6.05. The summed E-state index contributed by atoms with van der Waals surface area (Å²) in [6, 6.07) is 15.8. The second-order valence-corrected chi connectivity index (χ2v) is 7.36. The Hall–Kier alpha value is -2.80. The zero-order chi connectivity index (χ0) is 18.8. The van der Waals surface area contributed by atoms with E-state index in [1.807, 2.05) is 60.1 Å². The van der Waals surface area contributed by atoms with Crippen molar-refractivity contribution in [2.24, 2.45) is 5.10 Å². The number of thioether (sulfide) groups is 1. The fraction of sp³-hybridized carbons (Fsp3) is 0.250. The molecule has 0 radical (unpaired) electrons. The Morgan fingerprint density at radius 2 is 1.63 bits per heavy atom. The van der Waals surface area contributed by atoms with Crippen molar-refractivity contribution in [2.75, 3.05) is 13.7 Å². The highest BCUT2D eigenvalue weighted by atomic mass is 32.2. The molecule has 0 saturated carbocycles. The topological polar surface area (TPSA) is 61.5 Å². The normalized spacial score (nSPS) is 15.8. The summed E-state index contributed by atoms with van der Waals surface area (Å²) < 4.78 is 12.6. The molecule has 0 N–H and O–H groups in total. The van der Waals surface area contributed by atoms with Gasteiger partial charge in [0.15, 0.2) is 5.82 Å². The molecular formula is C20H20N4O2S. The van der Waals surface area contributed by atoms with E-state index in [0.29, 0.717) is 6.61 Å². The van der Waals surface area contributed by atoms with E-state index in [0.717, 1.165) is 39.3 Å². The average molecular weight is 380 g/mol. The van der Waals surface area contributed by atoms with Gasteiger partial charge in [-0.2, -0.15) is 9.78 Å². The third kappa shape index (κ3) is 3.42. The molecule has 1 aliphatic rings. The van der Waals surface area contributed by atoms with Crippen molar-refractivity contribution >= 4 is 17.5 Å². The maximum atomic E-state index is 5.51. The van der Waals surface area contributed by atoms with Gasteiger partial charge in [0.25, 0.3) is 0 Å². The predicted molar refractivity (Wildman–Crippen MR) is 107 cm³/mol. The maximum absolute atomic E-state index is 5.51. The molecule has 2 aromatic carbocycles. The summed E-state index contributed by atoms with van der Waals surface area (Å²) in [5.74, 6) is 2.39. The molecule has 138 valence electrons. The van der Waals surface area contributed by atoms with Crippen LogP contribution in [0.25, 0.3) is 11.4 Å². The Balaban J connectivity index is 1.71. The number of methoxy groups -OCH3 is 1. The van der Waals surface area contributed by atoms with Gasteiger partial charge in [-0.25, -0.2) is 0 Å². The number of ether oxygens (including phenoxy) is 2. The molecule has 0 aliphatic carbocycles. The van der Waals surface area contributed by atoms with Crippen molar-refractivity contribution in [1.29, 1.82) is 0 Å². The molecular weight excluding hydrogens is 360 g/mol. The number of hydrogen-bond acceptors (Lipinski definition) is 6.